The van der Waals surface area contributed by atoms with Crippen molar-refractivity contribution in [3.63, 3.8) is 0 Å². The summed E-state index contributed by atoms with van der Waals surface area (Å²) in [6, 6.07) is 129. The van der Waals surface area contributed by atoms with Crippen molar-refractivity contribution >= 4 is 98.3 Å². The van der Waals surface area contributed by atoms with E-state index in [-0.39, 0.29) is 0 Å². The summed E-state index contributed by atoms with van der Waals surface area (Å²) in [4.78, 5) is 4.78. The van der Waals surface area contributed by atoms with E-state index in [0.29, 0.717) is 0 Å². The van der Waals surface area contributed by atoms with Crippen LogP contribution < -0.4 is 19.3 Å². The van der Waals surface area contributed by atoms with Crippen LogP contribution in [0.2, 0.25) is 0 Å². The molecule has 4 aliphatic rings. The molecule has 0 amide bonds. The first kappa shape index (κ1) is 57.0. The standard InChI is InChI=1S/C96H58N2O3S/c1-3-27-63(28-4-1)95-79-41-12-9-33-71(79)75-37-20-46-86(91(75)95)99-88-56-66(49-52-81(88)95)97(83-43-17-23-59-22-7-8-32-69(59)83)68-48-51-74-78-40-18-36-70(94(78)102-90(74)58-68)62-26-15-24-60(54-62)61-25-16-31-65(55-61)98(84-44-19-39-77-73-35-11-14-45-85(73)101-93(77)84)67-50-53-82-89(57-67)100-87-47-21-38-76-72-34-10-13-42-80(72)96(82,92(76)87)64-29-5-2-6-30-64/h1-58H. The van der Waals surface area contributed by atoms with Crippen LogP contribution in [0.3, 0.4) is 0 Å². The van der Waals surface area contributed by atoms with Gasteiger partial charge in [0.1, 0.15) is 28.6 Å². The molecule has 0 saturated heterocycles. The number of hydrogen-bond donors (Lipinski definition) is 0. The quantitative estimate of drug-likeness (QED) is 0.136. The Labute approximate surface area is 592 Å². The maximum atomic E-state index is 7.21. The molecule has 0 spiro atoms. The van der Waals surface area contributed by atoms with Gasteiger partial charge in [-0.1, -0.05) is 267 Å². The molecule has 2 aliphatic heterocycles. The molecule has 2 atom stereocenters. The van der Waals surface area contributed by atoms with E-state index in [1.165, 1.54) is 86.8 Å². The molecule has 2 unspecified atom stereocenters. The maximum Gasteiger partial charge on any atom is 0.159 e. The number of benzene rings is 16. The van der Waals surface area contributed by atoms with E-state index in [2.05, 4.69) is 356 Å². The van der Waals surface area contributed by atoms with E-state index in [1.807, 2.05) is 17.4 Å². The number of ether oxygens (including phenoxy) is 2. The lowest BCUT2D eigenvalue weighted by molar-refractivity contribution is 0.438. The summed E-state index contributed by atoms with van der Waals surface area (Å²) >= 11 is 1.86. The first-order chi connectivity index (χ1) is 50.6. The first-order valence-corrected chi connectivity index (χ1v) is 35.7. The van der Waals surface area contributed by atoms with Crippen LogP contribution >= 0.6 is 11.3 Å². The highest BCUT2D eigenvalue weighted by molar-refractivity contribution is 7.26. The molecule has 2 aliphatic carbocycles. The summed E-state index contributed by atoms with van der Waals surface area (Å²) in [5.41, 5.74) is 25.5. The number of nitrogens with zero attached hydrogens (tertiary/aromatic N) is 2. The molecular formula is C96H58N2O3S. The van der Waals surface area contributed by atoms with Crippen LogP contribution in [0.4, 0.5) is 34.1 Å². The van der Waals surface area contributed by atoms with E-state index in [4.69, 9.17) is 13.9 Å². The van der Waals surface area contributed by atoms with Gasteiger partial charge in [0, 0.05) is 93.5 Å². The second-order valence-corrected chi connectivity index (χ2v) is 28.3. The fraction of sp³-hybridized carbons (Fsp3) is 0.0208. The zero-order valence-electron chi connectivity index (χ0n) is 55.0. The third-order valence-electron chi connectivity index (χ3n) is 22.1. The third kappa shape index (κ3) is 7.98. The van der Waals surface area contributed by atoms with Crippen molar-refractivity contribution in [2.75, 3.05) is 9.80 Å². The summed E-state index contributed by atoms with van der Waals surface area (Å²) < 4.78 is 23.8. The molecule has 6 heteroatoms. The SMILES string of the molecule is c1ccc(C23c4ccc(N(c5ccc6c(c5)sc5c(-c7cccc(-c8cccc(N(c9ccc%10c(c9)Oc9cccc%11c9C%10(c9ccccc9)c9ccccc9-%11)c9cccc%10c9oc9ccccc9%10)c8)c7)cccc56)c5cccc6ccccc56)cc4Oc4cccc(c42)-c2ccccc23)cc1. The van der Waals surface area contributed by atoms with Crippen LogP contribution in [0.1, 0.15) is 44.5 Å². The smallest absolute Gasteiger partial charge is 0.159 e. The average molecular weight is 1320 g/mol. The fourth-order valence-electron chi connectivity index (χ4n) is 18.0. The number of fused-ring (bicyclic) bond motifs is 17. The minimum atomic E-state index is -0.594. The lowest BCUT2D eigenvalue weighted by atomic mass is 9.66. The molecule has 4 heterocycles. The molecule has 0 saturated carbocycles. The van der Waals surface area contributed by atoms with Crippen LogP contribution in [0, 0.1) is 0 Å². The number of thiophene rings is 1. The second-order valence-electron chi connectivity index (χ2n) is 27.3. The van der Waals surface area contributed by atoms with Crippen LogP contribution in [-0.4, -0.2) is 0 Å². The van der Waals surface area contributed by atoms with E-state index >= 15 is 0 Å². The molecule has 0 bridgehead atoms. The van der Waals surface area contributed by atoms with Gasteiger partial charge in [0.15, 0.2) is 5.58 Å². The lowest BCUT2D eigenvalue weighted by Gasteiger charge is -2.39. The number of furan rings is 1. The monoisotopic (exact) mass is 1320 g/mol. The van der Waals surface area contributed by atoms with E-state index < -0.39 is 10.8 Å². The fourth-order valence-corrected chi connectivity index (χ4v) is 19.3. The zero-order chi connectivity index (χ0) is 66.8. The summed E-state index contributed by atoms with van der Waals surface area (Å²) in [7, 11) is 0. The largest absolute Gasteiger partial charge is 0.457 e. The maximum absolute atomic E-state index is 7.21. The molecule has 102 heavy (non-hydrogen) atoms. The van der Waals surface area contributed by atoms with Gasteiger partial charge in [-0.05, 0) is 145 Å². The van der Waals surface area contributed by atoms with Crippen LogP contribution in [0.15, 0.2) is 356 Å². The van der Waals surface area contributed by atoms with Gasteiger partial charge in [0.05, 0.1) is 22.2 Å². The number of rotatable bonds is 10. The Morgan fingerprint density at radius 2 is 0.755 bits per heavy atom. The van der Waals surface area contributed by atoms with Gasteiger partial charge in [-0.15, -0.1) is 11.3 Å². The highest BCUT2D eigenvalue weighted by Gasteiger charge is 2.53. The van der Waals surface area contributed by atoms with Gasteiger partial charge in [-0.25, -0.2) is 0 Å². The van der Waals surface area contributed by atoms with Crippen molar-refractivity contribution < 1.29 is 13.9 Å². The molecular weight excluding hydrogens is 1260 g/mol. The molecule has 16 aromatic carbocycles. The predicted molar refractivity (Wildman–Crippen MR) is 419 cm³/mol. The predicted octanol–water partition coefficient (Wildman–Crippen LogP) is 26.3. The first-order valence-electron chi connectivity index (χ1n) is 34.9. The minimum Gasteiger partial charge on any atom is -0.457 e. The van der Waals surface area contributed by atoms with Gasteiger partial charge >= 0.3 is 0 Å². The topological polar surface area (TPSA) is 38.1 Å². The molecule has 0 N–H and O–H groups in total. The van der Waals surface area contributed by atoms with Gasteiger partial charge in [0.2, 0.25) is 0 Å². The molecule has 2 aromatic heterocycles. The van der Waals surface area contributed by atoms with Gasteiger partial charge in [0.25, 0.3) is 0 Å². The number of anilines is 6. The van der Waals surface area contributed by atoms with Crippen molar-refractivity contribution in [1.29, 1.82) is 0 Å². The highest BCUT2D eigenvalue weighted by atomic mass is 32.1. The van der Waals surface area contributed by atoms with Crippen molar-refractivity contribution in [3.8, 4) is 67.5 Å². The minimum absolute atomic E-state index is 0.568. The third-order valence-corrected chi connectivity index (χ3v) is 23.3. The molecule has 22 rings (SSSR count). The number of hydrogen-bond acceptors (Lipinski definition) is 6. The zero-order valence-corrected chi connectivity index (χ0v) is 55.8. The molecule has 476 valence electrons. The normalized spacial score (nSPS) is 15.5. The van der Waals surface area contributed by atoms with Crippen molar-refractivity contribution in [2.45, 2.75) is 10.8 Å². The van der Waals surface area contributed by atoms with Crippen molar-refractivity contribution in [2.24, 2.45) is 0 Å². The Balaban J connectivity index is 0.663. The second kappa shape index (κ2) is 21.7. The molecule has 0 radical (unpaired) electrons. The van der Waals surface area contributed by atoms with Gasteiger partial charge in [-0.3, -0.25) is 0 Å². The van der Waals surface area contributed by atoms with Gasteiger partial charge < -0.3 is 23.7 Å². The molecule has 18 aromatic rings. The van der Waals surface area contributed by atoms with Crippen molar-refractivity contribution in [1.82, 2.24) is 0 Å². The van der Waals surface area contributed by atoms with E-state index in [1.54, 1.807) is 0 Å². The molecule has 0 fully saturated rings. The Morgan fingerprint density at radius 3 is 1.46 bits per heavy atom. The van der Waals surface area contributed by atoms with Crippen LogP contribution in [0.25, 0.3) is 97.4 Å². The highest BCUT2D eigenvalue weighted by Crippen LogP contribution is 2.66. The van der Waals surface area contributed by atoms with Gasteiger partial charge in [-0.2, -0.15) is 0 Å². The van der Waals surface area contributed by atoms with E-state index in [9.17, 15) is 0 Å². The summed E-state index contributed by atoms with van der Waals surface area (Å²) in [6.07, 6.45) is 0. The van der Waals surface area contributed by atoms with Crippen LogP contribution in [0.5, 0.6) is 23.0 Å². The lowest BCUT2D eigenvalue weighted by Crippen LogP contribution is -2.32. The Morgan fingerprint density at radius 1 is 0.275 bits per heavy atom. The van der Waals surface area contributed by atoms with Crippen LogP contribution in [-0.2, 0) is 10.8 Å². The molecule has 5 nitrogen and oxygen atoms in total. The van der Waals surface area contributed by atoms with Crippen molar-refractivity contribution in [3.05, 3.63) is 396 Å². The Hall–Kier alpha value is -13.0. The summed E-state index contributed by atoms with van der Waals surface area (Å²) in [5.74, 6) is 3.40. The Kier molecular flexibility index (Phi) is 12.1. The summed E-state index contributed by atoms with van der Waals surface area (Å²) in [5, 5.41) is 6.91. The number of para-hydroxylation sites is 2. The van der Waals surface area contributed by atoms with E-state index in [0.717, 1.165) is 112 Å². The average Bonchev–Trinajstić information content (AvgIpc) is 1.49. The summed E-state index contributed by atoms with van der Waals surface area (Å²) in [6.45, 7) is 0. The Bertz CT molecular complexity index is 6560.